The molecule has 18 nitrogen and oxygen atoms in total. The zero-order valence-electron chi connectivity index (χ0n) is 18.6. The van der Waals surface area contributed by atoms with Crippen molar-refractivity contribution in [3.63, 3.8) is 0 Å². The van der Waals surface area contributed by atoms with Crippen molar-refractivity contribution in [3.05, 3.63) is 12.2 Å². The Morgan fingerprint density at radius 2 is 0.649 bits per heavy atom. The molecule has 0 saturated heterocycles. The molecule has 0 rings (SSSR count). The Hall–Kier alpha value is -0.801. The van der Waals surface area contributed by atoms with E-state index in [0.29, 0.717) is 12.2 Å². The first-order valence-electron chi connectivity index (χ1n) is 7.99. The van der Waals surface area contributed by atoms with Gasteiger partial charge in [-0.25, -0.2) is 9.59 Å². The average Bonchev–Trinajstić information content (AvgIpc) is 2.57. The van der Waals surface area contributed by atoms with Gasteiger partial charge in [-0.05, 0) is 0 Å². The van der Waals surface area contributed by atoms with E-state index in [2.05, 4.69) is 0 Å². The van der Waals surface area contributed by atoms with Crippen LogP contribution in [0.5, 0.6) is 0 Å². The maximum absolute atomic E-state index is 10.1. The van der Waals surface area contributed by atoms with Gasteiger partial charge in [-0.3, -0.25) is 0 Å². The van der Waals surface area contributed by atoms with Crippen LogP contribution in [0.15, 0.2) is 12.2 Å². The normalized spacial score (nSPS) is 9.68. The number of carboxylic acids is 8. The Kier molecular flexibility index (Phi) is 32.2. The summed E-state index contributed by atoms with van der Waals surface area (Å²) in [5, 5.41) is 93.5. The topological polar surface area (TPSA) is 356 Å². The summed E-state index contributed by atoms with van der Waals surface area (Å²) in [5.41, 5.74) is -5.95. The minimum Gasteiger partial charge on any atom is -0.550 e. The van der Waals surface area contributed by atoms with Crippen LogP contribution >= 0.6 is 0 Å². The van der Waals surface area contributed by atoms with Gasteiger partial charge in [0.2, 0.25) is 0 Å². The van der Waals surface area contributed by atoms with Crippen molar-refractivity contribution in [2.45, 2.75) is 36.9 Å². The SMILES string of the molecule is O=C(O)/C=C\C(=O)O.O=C([O-])CC(O)(CC(=O)[O-])C(=O)[O-].O=C([O-])CC(O)(CC(=O)[O-])C(=O)[O-].[Ca+2].[Ca+2].[Ca+2]. The summed E-state index contributed by atoms with van der Waals surface area (Å²) in [6.45, 7) is 0. The number of carbonyl (C=O) groups is 8. The third-order valence-corrected chi connectivity index (χ3v) is 2.88. The fourth-order valence-corrected chi connectivity index (χ4v) is 1.51. The summed E-state index contributed by atoms with van der Waals surface area (Å²) in [7, 11) is 0. The molecule has 21 heteroatoms. The van der Waals surface area contributed by atoms with Gasteiger partial charge in [-0.1, -0.05) is 0 Å². The van der Waals surface area contributed by atoms with Crippen LogP contribution in [-0.4, -0.2) is 193 Å². The minimum atomic E-state index is -2.97. The number of carbonyl (C=O) groups excluding carboxylic acids is 6. The van der Waals surface area contributed by atoms with Crippen molar-refractivity contribution in [1.82, 2.24) is 0 Å². The molecule has 0 aliphatic rings. The van der Waals surface area contributed by atoms with Crippen molar-refractivity contribution >= 4 is 161 Å². The van der Waals surface area contributed by atoms with E-state index in [0.717, 1.165) is 0 Å². The second-order valence-corrected chi connectivity index (χ2v) is 5.84. The monoisotopic (exact) mass is 614 g/mol. The molecule has 0 heterocycles. The van der Waals surface area contributed by atoms with Gasteiger partial charge in [-0.15, -0.1) is 0 Å². The Balaban J connectivity index is -0.0000000962. The first-order chi connectivity index (χ1) is 15.2. The molecule has 0 unspecified atom stereocenters. The van der Waals surface area contributed by atoms with Crippen LogP contribution in [0.3, 0.4) is 0 Å². The Morgan fingerprint density at radius 3 is 0.730 bits per heavy atom. The number of hydrogen-bond donors (Lipinski definition) is 4. The molecule has 0 aliphatic heterocycles. The van der Waals surface area contributed by atoms with Crippen LogP contribution in [-0.2, 0) is 38.4 Å². The molecule has 0 amide bonds. The molecular weight excluding hydrogens is 600 g/mol. The van der Waals surface area contributed by atoms with Gasteiger partial charge in [0.1, 0.15) is 11.2 Å². The smallest absolute Gasteiger partial charge is 0.550 e. The van der Waals surface area contributed by atoms with Crippen LogP contribution < -0.4 is 30.6 Å². The van der Waals surface area contributed by atoms with Crippen molar-refractivity contribution in [3.8, 4) is 0 Å². The Labute approximate surface area is 295 Å². The van der Waals surface area contributed by atoms with E-state index >= 15 is 0 Å². The van der Waals surface area contributed by atoms with Crippen LogP contribution in [0.2, 0.25) is 0 Å². The third kappa shape index (κ3) is 29.6. The maximum atomic E-state index is 10.1. The molecule has 0 saturated carbocycles. The number of aliphatic hydroxyl groups is 2. The van der Waals surface area contributed by atoms with Crippen molar-refractivity contribution in [2.24, 2.45) is 0 Å². The summed E-state index contributed by atoms with van der Waals surface area (Å²) < 4.78 is 0. The molecule has 0 aromatic carbocycles. The molecule has 0 spiro atoms. The first kappa shape index (κ1) is 49.2. The van der Waals surface area contributed by atoms with Crippen LogP contribution in [0.25, 0.3) is 0 Å². The molecular formula is C16H14Ca3O18. The predicted octanol–water partition coefficient (Wildman–Crippen LogP) is -11.9. The number of hydrogen-bond acceptors (Lipinski definition) is 16. The van der Waals surface area contributed by atoms with Crippen LogP contribution in [0.4, 0.5) is 0 Å². The second-order valence-electron chi connectivity index (χ2n) is 5.84. The van der Waals surface area contributed by atoms with E-state index < -0.39 is 84.6 Å². The molecule has 0 aromatic heterocycles. The molecule has 0 aromatic rings. The van der Waals surface area contributed by atoms with E-state index in [4.69, 9.17) is 20.4 Å². The zero-order valence-corrected chi connectivity index (χ0v) is 25.2. The average molecular weight is 615 g/mol. The quantitative estimate of drug-likeness (QED) is 0.117. The number of carboxylic acid groups (broad SMARTS) is 8. The van der Waals surface area contributed by atoms with E-state index in [-0.39, 0.29) is 113 Å². The van der Waals surface area contributed by atoms with E-state index in [1.54, 1.807) is 0 Å². The van der Waals surface area contributed by atoms with E-state index in [9.17, 15) is 69.0 Å². The molecule has 192 valence electrons. The number of aliphatic carboxylic acids is 8. The van der Waals surface area contributed by atoms with Crippen molar-refractivity contribution < 1.29 is 89.4 Å². The van der Waals surface area contributed by atoms with Crippen molar-refractivity contribution in [1.29, 1.82) is 0 Å². The first-order valence-corrected chi connectivity index (χ1v) is 7.99. The summed E-state index contributed by atoms with van der Waals surface area (Å²) in [5.74, 6) is -14.5. The Morgan fingerprint density at radius 1 is 0.486 bits per heavy atom. The van der Waals surface area contributed by atoms with Gasteiger partial charge >= 0.3 is 125 Å². The minimum absolute atomic E-state index is 0. The van der Waals surface area contributed by atoms with Crippen molar-refractivity contribution in [2.75, 3.05) is 0 Å². The summed E-state index contributed by atoms with van der Waals surface area (Å²) in [6.07, 6.45) is -4.32. The number of rotatable bonds is 12. The van der Waals surface area contributed by atoms with Gasteiger partial charge in [-0.2, -0.15) is 0 Å². The van der Waals surface area contributed by atoms with E-state index in [1.807, 2.05) is 0 Å². The van der Waals surface area contributed by atoms with Crippen LogP contribution in [0, 0.1) is 0 Å². The van der Waals surface area contributed by atoms with Gasteiger partial charge < -0.3 is 79.8 Å². The summed E-state index contributed by atoms with van der Waals surface area (Å²) in [6, 6.07) is 0. The molecule has 0 aliphatic carbocycles. The third-order valence-electron chi connectivity index (χ3n) is 2.88. The molecule has 37 heavy (non-hydrogen) atoms. The largest absolute Gasteiger partial charge is 2.00 e. The van der Waals surface area contributed by atoms with Gasteiger partial charge in [0.15, 0.2) is 0 Å². The van der Waals surface area contributed by atoms with Crippen LogP contribution in [0.1, 0.15) is 25.7 Å². The summed E-state index contributed by atoms with van der Waals surface area (Å²) in [4.78, 5) is 79.1. The predicted molar refractivity (Wildman–Crippen MR) is 100 cm³/mol. The molecule has 0 radical (unpaired) electrons. The molecule has 0 fully saturated rings. The summed E-state index contributed by atoms with van der Waals surface area (Å²) >= 11 is 0. The maximum Gasteiger partial charge on any atom is 2.00 e. The second kappa shape index (κ2) is 24.3. The van der Waals surface area contributed by atoms with Gasteiger partial charge in [0, 0.05) is 61.7 Å². The zero-order chi connectivity index (χ0) is 27.9. The fourth-order valence-electron chi connectivity index (χ4n) is 1.51. The fraction of sp³-hybridized carbons (Fsp3) is 0.375. The van der Waals surface area contributed by atoms with Gasteiger partial charge in [0.05, 0.1) is 11.9 Å². The van der Waals surface area contributed by atoms with Gasteiger partial charge in [0.25, 0.3) is 0 Å². The molecule has 0 bridgehead atoms. The van der Waals surface area contributed by atoms with E-state index in [1.165, 1.54) is 0 Å². The Bertz CT molecular complexity index is 752. The molecule has 4 N–H and O–H groups in total. The standard InChI is InChI=1S/2C6H8O7.C4H4O4.3Ca/c2*7-3(8)1-6(13,5(11)12)2-4(9)10;5-3(6)1-2-4(7)8;;;/h2*13H,1-2H2,(H,7,8)(H,9,10)(H,11,12);1-2H,(H,5,6)(H,7,8);;;/q;;;3*+2/p-6/b;;2-1-;;;. The molecule has 0 atom stereocenters.